The Bertz CT molecular complexity index is 824. The number of hydrogen-bond acceptors (Lipinski definition) is 3. The van der Waals surface area contributed by atoms with E-state index in [-0.39, 0.29) is 5.41 Å². The molecule has 3 nitrogen and oxygen atoms in total. The maximum Gasteiger partial charge on any atom is 0.159 e. The van der Waals surface area contributed by atoms with Crippen molar-refractivity contribution in [2.24, 2.45) is 5.41 Å². The minimum absolute atomic E-state index is 0.0740. The molecule has 0 N–H and O–H groups in total. The molecule has 1 aliphatic carbocycles. The van der Waals surface area contributed by atoms with Crippen LogP contribution < -0.4 is 0 Å². The first-order valence-electron chi connectivity index (χ1n) is 13.0. The van der Waals surface area contributed by atoms with Gasteiger partial charge in [-0.1, -0.05) is 83.1 Å². The van der Waals surface area contributed by atoms with E-state index in [9.17, 15) is 5.26 Å². The normalized spacial score (nSPS) is 20.7. The van der Waals surface area contributed by atoms with E-state index in [1.165, 1.54) is 62.5 Å². The first kappa shape index (κ1) is 24.4. The number of benzene rings is 1. The van der Waals surface area contributed by atoms with Crippen LogP contribution in [-0.4, -0.2) is 9.97 Å². The van der Waals surface area contributed by atoms with Gasteiger partial charge in [-0.25, -0.2) is 9.97 Å². The highest BCUT2D eigenvalue weighted by atomic mass is 14.9. The molecule has 0 spiro atoms. The lowest BCUT2D eigenvalue weighted by Crippen LogP contribution is -2.25. The third-order valence-electron chi connectivity index (χ3n) is 7.35. The molecule has 2 aromatic rings. The second-order valence-electron chi connectivity index (χ2n) is 9.82. The Morgan fingerprint density at radius 3 is 2.12 bits per heavy atom. The first-order chi connectivity index (χ1) is 15.7. The van der Waals surface area contributed by atoms with Gasteiger partial charge in [-0.15, -0.1) is 0 Å². The molecule has 3 heteroatoms. The second-order valence-corrected chi connectivity index (χ2v) is 9.82. The highest BCUT2D eigenvalue weighted by Crippen LogP contribution is 2.45. The number of rotatable bonds is 12. The van der Waals surface area contributed by atoms with Crippen LogP contribution in [-0.2, 0) is 6.42 Å². The second kappa shape index (κ2) is 12.7. The Morgan fingerprint density at radius 2 is 1.50 bits per heavy atom. The quantitative estimate of drug-likeness (QED) is 0.317. The molecule has 1 heterocycles. The first-order valence-corrected chi connectivity index (χ1v) is 13.0. The maximum absolute atomic E-state index is 9.88. The van der Waals surface area contributed by atoms with Gasteiger partial charge in [0.15, 0.2) is 5.82 Å². The molecule has 1 saturated carbocycles. The van der Waals surface area contributed by atoms with Gasteiger partial charge in [0.1, 0.15) is 0 Å². The van der Waals surface area contributed by atoms with Crippen molar-refractivity contribution in [2.75, 3.05) is 0 Å². The van der Waals surface area contributed by atoms with E-state index in [0.717, 1.165) is 49.9 Å². The zero-order valence-corrected chi connectivity index (χ0v) is 20.3. The van der Waals surface area contributed by atoms with E-state index in [1.54, 1.807) is 0 Å². The van der Waals surface area contributed by atoms with Gasteiger partial charge in [0.05, 0.1) is 11.5 Å². The summed E-state index contributed by atoms with van der Waals surface area (Å²) in [6.07, 6.45) is 20.6. The summed E-state index contributed by atoms with van der Waals surface area (Å²) in [5.74, 6) is 1.39. The van der Waals surface area contributed by atoms with Gasteiger partial charge in [-0.3, -0.25) is 0 Å². The van der Waals surface area contributed by atoms with Crippen LogP contribution in [0.5, 0.6) is 0 Å². The van der Waals surface area contributed by atoms with Gasteiger partial charge in [0.25, 0.3) is 0 Å². The average Bonchev–Trinajstić information content (AvgIpc) is 2.85. The predicted molar refractivity (Wildman–Crippen MR) is 133 cm³/mol. The molecule has 172 valence electrons. The molecular weight excluding hydrogens is 390 g/mol. The minimum atomic E-state index is -0.0740. The fourth-order valence-corrected chi connectivity index (χ4v) is 5.10. The molecule has 0 bridgehead atoms. The number of hydrogen-bond donors (Lipinski definition) is 0. The van der Waals surface area contributed by atoms with Crippen molar-refractivity contribution in [3.8, 4) is 17.5 Å². The summed E-state index contributed by atoms with van der Waals surface area (Å²) in [4.78, 5) is 9.20. The van der Waals surface area contributed by atoms with Crippen LogP contribution in [0.2, 0.25) is 0 Å². The molecule has 0 atom stereocenters. The molecule has 0 radical (unpaired) electrons. The molecule has 0 amide bonds. The smallest absolute Gasteiger partial charge is 0.159 e. The number of nitrogens with zero attached hydrogens (tertiary/aromatic N) is 3. The van der Waals surface area contributed by atoms with Crippen LogP contribution in [0.3, 0.4) is 0 Å². The molecule has 0 aliphatic heterocycles. The molecule has 1 aromatic heterocycles. The molecular formula is C29H41N3. The van der Waals surface area contributed by atoms with E-state index in [2.05, 4.69) is 54.2 Å². The SMILES string of the molecule is CCCCCCCC1(C#N)CCC(c2ccc(-c3ncc(CCCCC)cn3)cc2)CC1. The van der Waals surface area contributed by atoms with E-state index < -0.39 is 0 Å². The lowest BCUT2D eigenvalue weighted by molar-refractivity contribution is 0.223. The topological polar surface area (TPSA) is 49.6 Å². The van der Waals surface area contributed by atoms with Gasteiger partial charge in [0.2, 0.25) is 0 Å². The summed E-state index contributed by atoms with van der Waals surface area (Å²) in [5, 5.41) is 9.88. The minimum Gasteiger partial charge on any atom is -0.236 e. The van der Waals surface area contributed by atoms with Gasteiger partial charge < -0.3 is 0 Å². The standard InChI is InChI=1S/C29H41N3/c1-3-5-7-8-10-18-29(23-30)19-16-26(17-20-29)25-12-14-27(15-13-25)28-31-21-24(22-32-28)11-9-6-4-2/h12-15,21-22,26H,3-11,16-20H2,1-2H3. The lowest BCUT2D eigenvalue weighted by atomic mass is 9.67. The van der Waals surface area contributed by atoms with Crippen LogP contribution in [0, 0.1) is 16.7 Å². The molecule has 32 heavy (non-hydrogen) atoms. The molecule has 1 aromatic carbocycles. The Labute approximate surface area is 195 Å². The van der Waals surface area contributed by atoms with E-state index in [4.69, 9.17) is 0 Å². The third-order valence-corrected chi connectivity index (χ3v) is 7.35. The molecule has 1 aliphatic rings. The van der Waals surface area contributed by atoms with Crippen LogP contribution in [0.25, 0.3) is 11.4 Å². The summed E-state index contributed by atoms with van der Waals surface area (Å²) in [6, 6.07) is 11.6. The fourth-order valence-electron chi connectivity index (χ4n) is 5.10. The lowest BCUT2D eigenvalue weighted by Gasteiger charge is -2.35. The number of aryl methyl sites for hydroxylation is 1. The Morgan fingerprint density at radius 1 is 0.875 bits per heavy atom. The van der Waals surface area contributed by atoms with Crippen molar-refractivity contribution in [1.29, 1.82) is 5.26 Å². The number of nitriles is 1. The van der Waals surface area contributed by atoms with Gasteiger partial charge in [-0.2, -0.15) is 5.26 Å². The van der Waals surface area contributed by atoms with Crippen LogP contribution in [0.1, 0.15) is 114 Å². The molecule has 0 unspecified atom stereocenters. The van der Waals surface area contributed by atoms with Crippen molar-refractivity contribution in [1.82, 2.24) is 9.97 Å². The summed E-state index contributed by atoms with van der Waals surface area (Å²) in [7, 11) is 0. The monoisotopic (exact) mass is 431 g/mol. The van der Waals surface area contributed by atoms with Crippen LogP contribution in [0.15, 0.2) is 36.7 Å². The van der Waals surface area contributed by atoms with Gasteiger partial charge in [0, 0.05) is 18.0 Å². The van der Waals surface area contributed by atoms with E-state index >= 15 is 0 Å². The summed E-state index contributed by atoms with van der Waals surface area (Å²) < 4.78 is 0. The Kier molecular flexibility index (Phi) is 9.72. The van der Waals surface area contributed by atoms with Gasteiger partial charge >= 0.3 is 0 Å². The molecule has 0 saturated heterocycles. The van der Waals surface area contributed by atoms with Crippen molar-refractivity contribution in [2.45, 2.75) is 110 Å². The maximum atomic E-state index is 9.88. The Balaban J connectivity index is 1.52. The molecule has 1 fully saturated rings. The van der Waals surface area contributed by atoms with Crippen molar-refractivity contribution in [3.63, 3.8) is 0 Å². The van der Waals surface area contributed by atoms with Crippen LogP contribution in [0.4, 0.5) is 0 Å². The highest BCUT2D eigenvalue weighted by Gasteiger charge is 2.35. The largest absolute Gasteiger partial charge is 0.236 e. The highest BCUT2D eigenvalue weighted by molar-refractivity contribution is 5.55. The molecule has 3 rings (SSSR count). The summed E-state index contributed by atoms with van der Waals surface area (Å²) in [5.41, 5.74) is 3.64. The van der Waals surface area contributed by atoms with E-state index in [0.29, 0.717) is 5.92 Å². The van der Waals surface area contributed by atoms with Crippen molar-refractivity contribution >= 4 is 0 Å². The number of unbranched alkanes of at least 4 members (excludes halogenated alkanes) is 6. The third kappa shape index (κ3) is 6.89. The van der Waals surface area contributed by atoms with E-state index in [1.807, 2.05) is 12.4 Å². The van der Waals surface area contributed by atoms with Crippen molar-refractivity contribution in [3.05, 3.63) is 47.8 Å². The van der Waals surface area contributed by atoms with Crippen LogP contribution >= 0.6 is 0 Å². The average molecular weight is 432 g/mol. The van der Waals surface area contributed by atoms with Gasteiger partial charge in [-0.05, 0) is 62.0 Å². The summed E-state index contributed by atoms with van der Waals surface area (Å²) >= 11 is 0. The summed E-state index contributed by atoms with van der Waals surface area (Å²) in [6.45, 7) is 4.48. The zero-order chi connectivity index (χ0) is 22.7. The van der Waals surface area contributed by atoms with Crippen molar-refractivity contribution < 1.29 is 0 Å². The predicted octanol–water partition coefficient (Wildman–Crippen LogP) is 8.40. The number of aromatic nitrogens is 2. The fraction of sp³-hybridized carbons (Fsp3) is 0.621. The Hall–Kier alpha value is -2.21. The zero-order valence-electron chi connectivity index (χ0n) is 20.3.